The smallest absolute Gasteiger partial charge is 0.162 e. The Morgan fingerprint density at radius 1 is 1.44 bits per heavy atom. The molecule has 1 unspecified atom stereocenters. The topological polar surface area (TPSA) is 56.2 Å². The molecule has 1 aliphatic heterocycles. The standard InChI is InChI=1S/C11H14N4S/c12-9-4-1-5-10-13-14-11(15(9)10)7-8-3-2-6-16-8/h1,4-5,8H,2-3,6-7,12H2. The van der Waals surface area contributed by atoms with Crippen molar-refractivity contribution in [1.82, 2.24) is 14.6 Å². The molecule has 1 aliphatic rings. The lowest BCUT2D eigenvalue weighted by Gasteiger charge is -2.07. The number of nitrogens with zero attached hydrogens (tertiary/aromatic N) is 3. The van der Waals surface area contributed by atoms with E-state index in [1.165, 1.54) is 18.6 Å². The number of hydrogen-bond acceptors (Lipinski definition) is 4. The van der Waals surface area contributed by atoms with E-state index in [2.05, 4.69) is 10.2 Å². The van der Waals surface area contributed by atoms with E-state index in [-0.39, 0.29) is 0 Å². The highest BCUT2D eigenvalue weighted by atomic mass is 32.2. The van der Waals surface area contributed by atoms with E-state index in [0.29, 0.717) is 5.25 Å². The highest BCUT2D eigenvalue weighted by Crippen LogP contribution is 2.28. The number of thioether (sulfide) groups is 1. The van der Waals surface area contributed by atoms with Crippen LogP contribution in [0.5, 0.6) is 0 Å². The summed E-state index contributed by atoms with van der Waals surface area (Å²) in [5.41, 5.74) is 6.80. The summed E-state index contributed by atoms with van der Waals surface area (Å²) < 4.78 is 1.96. The van der Waals surface area contributed by atoms with Crippen molar-refractivity contribution < 1.29 is 0 Å². The molecule has 1 atom stereocenters. The average molecular weight is 234 g/mol. The number of nitrogens with two attached hydrogens (primary N) is 1. The molecule has 3 heterocycles. The maximum Gasteiger partial charge on any atom is 0.162 e. The van der Waals surface area contributed by atoms with Crippen LogP contribution in [0.1, 0.15) is 18.7 Å². The Kier molecular flexibility index (Phi) is 2.47. The van der Waals surface area contributed by atoms with E-state index < -0.39 is 0 Å². The lowest BCUT2D eigenvalue weighted by molar-refractivity contribution is 0.739. The van der Waals surface area contributed by atoms with Crippen LogP contribution >= 0.6 is 11.8 Å². The fourth-order valence-corrected chi connectivity index (χ4v) is 3.44. The molecule has 2 aromatic heterocycles. The molecule has 0 amide bonds. The van der Waals surface area contributed by atoms with Gasteiger partial charge in [0.25, 0.3) is 0 Å². The van der Waals surface area contributed by atoms with Crippen molar-refractivity contribution in [1.29, 1.82) is 0 Å². The Labute approximate surface area is 98.2 Å². The predicted molar refractivity (Wildman–Crippen MR) is 66.6 cm³/mol. The molecule has 1 saturated heterocycles. The quantitative estimate of drug-likeness (QED) is 0.860. The molecule has 3 rings (SSSR count). The zero-order chi connectivity index (χ0) is 11.0. The van der Waals surface area contributed by atoms with Crippen molar-refractivity contribution in [2.24, 2.45) is 0 Å². The summed E-state index contributed by atoms with van der Waals surface area (Å²) in [6.45, 7) is 0. The van der Waals surface area contributed by atoms with Gasteiger partial charge in [-0.25, -0.2) is 0 Å². The van der Waals surface area contributed by atoms with Gasteiger partial charge in [-0.2, -0.15) is 11.8 Å². The van der Waals surface area contributed by atoms with Crippen LogP contribution in [0.3, 0.4) is 0 Å². The predicted octanol–water partition coefficient (Wildman–Crippen LogP) is 1.75. The SMILES string of the molecule is Nc1cccc2nnc(CC3CCCS3)n12. The molecule has 1 fully saturated rings. The van der Waals surface area contributed by atoms with Gasteiger partial charge in [-0.1, -0.05) is 6.07 Å². The molecular weight excluding hydrogens is 220 g/mol. The number of anilines is 1. The monoisotopic (exact) mass is 234 g/mol. The van der Waals surface area contributed by atoms with Crippen LogP contribution < -0.4 is 5.73 Å². The summed E-state index contributed by atoms with van der Waals surface area (Å²) in [5.74, 6) is 2.99. The third kappa shape index (κ3) is 1.65. The first kappa shape index (κ1) is 9.96. The molecule has 0 spiro atoms. The van der Waals surface area contributed by atoms with Gasteiger partial charge in [-0.05, 0) is 30.7 Å². The maximum atomic E-state index is 5.95. The first-order valence-corrected chi connectivity index (χ1v) is 6.59. The molecule has 2 N–H and O–H groups in total. The largest absolute Gasteiger partial charge is 0.385 e. The van der Waals surface area contributed by atoms with E-state index in [0.717, 1.165) is 23.7 Å². The van der Waals surface area contributed by atoms with Gasteiger partial charge in [-0.3, -0.25) is 4.40 Å². The number of aromatic nitrogens is 3. The van der Waals surface area contributed by atoms with Gasteiger partial charge in [0.2, 0.25) is 0 Å². The normalized spacial score (nSPS) is 20.6. The zero-order valence-corrected chi connectivity index (χ0v) is 9.78. The highest BCUT2D eigenvalue weighted by molar-refractivity contribution is 8.00. The van der Waals surface area contributed by atoms with Crippen LogP contribution in [0.2, 0.25) is 0 Å². The summed E-state index contributed by atoms with van der Waals surface area (Å²) >= 11 is 2.03. The summed E-state index contributed by atoms with van der Waals surface area (Å²) in [7, 11) is 0. The molecule has 4 nitrogen and oxygen atoms in total. The minimum absolute atomic E-state index is 0.687. The fraction of sp³-hybridized carbons (Fsp3) is 0.455. The number of fused-ring (bicyclic) bond motifs is 1. The van der Waals surface area contributed by atoms with Gasteiger partial charge < -0.3 is 5.73 Å². The Morgan fingerprint density at radius 3 is 3.19 bits per heavy atom. The molecule has 16 heavy (non-hydrogen) atoms. The number of rotatable bonds is 2. The third-order valence-electron chi connectivity index (χ3n) is 2.96. The van der Waals surface area contributed by atoms with Gasteiger partial charge in [-0.15, -0.1) is 10.2 Å². The second-order valence-electron chi connectivity index (χ2n) is 4.10. The van der Waals surface area contributed by atoms with Crippen molar-refractivity contribution in [3.05, 3.63) is 24.0 Å². The van der Waals surface area contributed by atoms with Gasteiger partial charge in [0, 0.05) is 11.7 Å². The summed E-state index contributed by atoms with van der Waals surface area (Å²) in [6.07, 6.45) is 3.58. The number of pyridine rings is 1. The Hall–Kier alpha value is -1.23. The Morgan fingerprint density at radius 2 is 2.38 bits per heavy atom. The minimum atomic E-state index is 0.687. The molecule has 5 heteroatoms. The first-order valence-electron chi connectivity index (χ1n) is 5.55. The van der Waals surface area contributed by atoms with Crippen molar-refractivity contribution in [3.8, 4) is 0 Å². The maximum absolute atomic E-state index is 5.95. The van der Waals surface area contributed by atoms with E-state index >= 15 is 0 Å². The van der Waals surface area contributed by atoms with E-state index in [9.17, 15) is 0 Å². The molecule has 0 saturated carbocycles. The van der Waals surface area contributed by atoms with Crippen LogP contribution in [0.25, 0.3) is 5.65 Å². The number of hydrogen-bond donors (Lipinski definition) is 1. The fourth-order valence-electron chi connectivity index (χ4n) is 2.17. The van der Waals surface area contributed by atoms with Crippen LogP contribution in [0, 0.1) is 0 Å². The van der Waals surface area contributed by atoms with Crippen LogP contribution in [-0.4, -0.2) is 25.6 Å². The molecule has 0 aliphatic carbocycles. The van der Waals surface area contributed by atoms with Crippen molar-refractivity contribution >= 4 is 23.2 Å². The Bertz CT molecular complexity index is 502. The molecular formula is C11H14N4S. The zero-order valence-electron chi connectivity index (χ0n) is 8.97. The van der Waals surface area contributed by atoms with Crippen LogP contribution in [-0.2, 0) is 6.42 Å². The minimum Gasteiger partial charge on any atom is -0.385 e. The first-order chi connectivity index (χ1) is 7.84. The van der Waals surface area contributed by atoms with Gasteiger partial charge in [0.1, 0.15) is 11.6 Å². The van der Waals surface area contributed by atoms with Gasteiger partial charge >= 0.3 is 0 Å². The van der Waals surface area contributed by atoms with Gasteiger partial charge in [0.05, 0.1) is 0 Å². The second-order valence-corrected chi connectivity index (χ2v) is 5.51. The summed E-state index contributed by atoms with van der Waals surface area (Å²) in [6, 6.07) is 5.74. The highest BCUT2D eigenvalue weighted by Gasteiger charge is 2.19. The summed E-state index contributed by atoms with van der Waals surface area (Å²) in [4.78, 5) is 0. The van der Waals surface area contributed by atoms with Gasteiger partial charge in [0.15, 0.2) is 5.65 Å². The van der Waals surface area contributed by atoms with Crippen molar-refractivity contribution in [2.45, 2.75) is 24.5 Å². The van der Waals surface area contributed by atoms with E-state index in [1.54, 1.807) is 0 Å². The van der Waals surface area contributed by atoms with E-state index in [4.69, 9.17) is 5.73 Å². The van der Waals surface area contributed by atoms with Crippen molar-refractivity contribution in [2.75, 3.05) is 11.5 Å². The van der Waals surface area contributed by atoms with Crippen molar-refractivity contribution in [3.63, 3.8) is 0 Å². The lowest BCUT2D eigenvalue weighted by atomic mass is 10.2. The molecule has 0 radical (unpaired) electrons. The average Bonchev–Trinajstić information content (AvgIpc) is 2.90. The number of nitrogen functional groups attached to an aromatic ring is 1. The molecule has 0 bridgehead atoms. The Balaban J connectivity index is 1.97. The third-order valence-corrected chi connectivity index (χ3v) is 4.36. The van der Waals surface area contributed by atoms with E-state index in [1.807, 2.05) is 34.4 Å². The van der Waals surface area contributed by atoms with Crippen LogP contribution in [0.4, 0.5) is 5.82 Å². The molecule has 0 aromatic carbocycles. The molecule has 2 aromatic rings. The summed E-state index contributed by atoms with van der Waals surface area (Å²) in [5, 5.41) is 9.07. The van der Waals surface area contributed by atoms with Crippen LogP contribution in [0.15, 0.2) is 18.2 Å². The second kappa shape index (κ2) is 3.97. The lowest BCUT2D eigenvalue weighted by Crippen LogP contribution is -2.08. The molecule has 84 valence electrons.